The Labute approximate surface area is 140 Å². The Bertz CT molecular complexity index is 959. The number of hydrogen-bond donors (Lipinski definition) is 0. The van der Waals surface area contributed by atoms with E-state index < -0.39 is 5.24 Å². The monoisotopic (exact) mass is 321 g/mol. The van der Waals surface area contributed by atoms with E-state index in [-0.39, 0.29) is 5.41 Å². The standard InChI is InChI=1S/C20H16ClNO/c1-20(2)11-14-17(19(21)23)13-8-4-6-10-16(13)22-18(14)12-7-3-5-9-15(12)20/h3-10H,11H2,1-2H3. The van der Waals surface area contributed by atoms with Crippen LogP contribution in [0.5, 0.6) is 0 Å². The molecule has 23 heavy (non-hydrogen) atoms. The van der Waals surface area contributed by atoms with Crippen molar-refractivity contribution >= 4 is 27.7 Å². The first-order valence-corrected chi connectivity index (χ1v) is 8.08. The average molecular weight is 322 g/mol. The lowest BCUT2D eigenvalue weighted by Crippen LogP contribution is -2.27. The van der Waals surface area contributed by atoms with E-state index in [0.717, 1.165) is 34.1 Å². The van der Waals surface area contributed by atoms with Gasteiger partial charge in [-0.1, -0.05) is 56.3 Å². The highest BCUT2D eigenvalue weighted by Gasteiger charge is 2.34. The smallest absolute Gasteiger partial charge is 0.253 e. The molecule has 0 bridgehead atoms. The molecule has 0 atom stereocenters. The molecule has 0 amide bonds. The minimum Gasteiger partial charge on any atom is -0.276 e. The molecule has 0 aliphatic heterocycles. The molecule has 0 radical (unpaired) electrons. The van der Waals surface area contributed by atoms with Crippen molar-refractivity contribution in [3.63, 3.8) is 0 Å². The SMILES string of the molecule is CC1(C)Cc2c(nc3ccccc3c2C(=O)Cl)-c2ccccc21. The third kappa shape index (κ3) is 2.09. The highest BCUT2D eigenvalue weighted by Crippen LogP contribution is 2.44. The number of aromatic nitrogens is 1. The lowest BCUT2D eigenvalue weighted by Gasteiger charge is -2.34. The third-order valence-corrected chi connectivity index (χ3v) is 4.91. The van der Waals surface area contributed by atoms with Gasteiger partial charge < -0.3 is 0 Å². The first-order valence-electron chi connectivity index (χ1n) is 7.70. The summed E-state index contributed by atoms with van der Waals surface area (Å²) < 4.78 is 0. The van der Waals surface area contributed by atoms with Gasteiger partial charge in [0.1, 0.15) is 0 Å². The molecule has 2 aromatic carbocycles. The molecule has 0 N–H and O–H groups in total. The molecule has 1 aromatic heterocycles. The Morgan fingerprint density at radius 2 is 1.78 bits per heavy atom. The van der Waals surface area contributed by atoms with E-state index in [4.69, 9.17) is 16.6 Å². The minimum atomic E-state index is -0.407. The zero-order valence-corrected chi connectivity index (χ0v) is 13.8. The van der Waals surface area contributed by atoms with Crippen LogP contribution in [0.4, 0.5) is 0 Å². The zero-order valence-electron chi connectivity index (χ0n) is 13.1. The molecular formula is C20H16ClNO. The first-order chi connectivity index (χ1) is 11.0. The number of para-hydroxylation sites is 1. The van der Waals surface area contributed by atoms with Gasteiger partial charge in [0.25, 0.3) is 5.24 Å². The number of carbonyl (C=O) groups is 1. The molecule has 3 heteroatoms. The Hall–Kier alpha value is -2.19. The Morgan fingerprint density at radius 3 is 2.57 bits per heavy atom. The van der Waals surface area contributed by atoms with Crippen LogP contribution in [-0.2, 0) is 11.8 Å². The van der Waals surface area contributed by atoms with Crippen molar-refractivity contribution in [2.75, 3.05) is 0 Å². The van der Waals surface area contributed by atoms with Crippen LogP contribution in [0.3, 0.4) is 0 Å². The van der Waals surface area contributed by atoms with Gasteiger partial charge in [0.15, 0.2) is 0 Å². The van der Waals surface area contributed by atoms with E-state index in [0.29, 0.717) is 5.56 Å². The number of rotatable bonds is 1. The van der Waals surface area contributed by atoms with Crippen LogP contribution in [0.25, 0.3) is 22.2 Å². The molecular weight excluding hydrogens is 306 g/mol. The van der Waals surface area contributed by atoms with Crippen LogP contribution in [0.2, 0.25) is 0 Å². The molecule has 0 fully saturated rings. The highest BCUT2D eigenvalue weighted by atomic mass is 35.5. The van der Waals surface area contributed by atoms with E-state index >= 15 is 0 Å². The number of pyridine rings is 1. The maximum absolute atomic E-state index is 12.2. The van der Waals surface area contributed by atoms with Gasteiger partial charge in [-0.15, -0.1) is 0 Å². The summed E-state index contributed by atoms with van der Waals surface area (Å²) in [4.78, 5) is 17.0. The topological polar surface area (TPSA) is 30.0 Å². The van der Waals surface area contributed by atoms with Gasteiger partial charge in [0, 0.05) is 16.5 Å². The number of benzene rings is 2. The molecule has 2 nitrogen and oxygen atoms in total. The van der Waals surface area contributed by atoms with Gasteiger partial charge in [-0.3, -0.25) is 4.79 Å². The van der Waals surface area contributed by atoms with Crippen molar-refractivity contribution < 1.29 is 4.79 Å². The van der Waals surface area contributed by atoms with Crippen molar-refractivity contribution in [1.29, 1.82) is 0 Å². The predicted molar refractivity (Wildman–Crippen MR) is 94.1 cm³/mol. The van der Waals surface area contributed by atoms with Gasteiger partial charge >= 0.3 is 0 Å². The molecule has 114 valence electrons. The zero-order chi connectivity index (χ0) is 16.2. The highest BCUT2D eigenvalue weighted by molar-refractivity contribution is 6.69. The normalized spacial score (nSPS) is 15.1. The second-order valence-corrected chi connectivity index (χ2v) is 7.05. The Morgan fingerprint density at radius 1 is 1.09 bits per heavy atom. The van der Waals surface area contributed by atoms with Crippen molar-refractivity contribution in [2.24, 2.45) is 0 Å². The van der Waals surface area contributed by atoms with E-state index in [1.54, 1.807) is 0 Å². The van der Waals surface area contributed by atoms with Crippen LogP contribution in [-0.4, -0.2) is 10.2 Å². The molecule has 0 saturated heterocycles. The van der Waals surface area contributed by atoms with Gasteiger partial charge in [0.05, 0.1) is 11.2 Å². The summed E-state index contributed by atoms with van der Waals surface area (Å²) in [7, 11) is 0. The fourth-order valence-corrected chi connectivity index (χ4v) is 3.90. The average Bonchev–Trinajstić information content (AvgIpc) is 2.53. The second-order valence-electron chi connectivity index (χ2n) is 6.71. The van der Waals surface area contributed by atoms with Crippen LogP contribution in [0.1, 0.15) is 35.3 Å². The Kier molecular flexibility index (Phi) is 3.07. The van der Waals surface area contributed by atoms with E-state index in [1.807, 2.05) is 30.3 Å². The van der Waals surface area contributed by atoms with Gasteiger partial charge in [-0.2, -0.15) is 0 Å². The summed E-state index contributed by atoms with van der Waals surface area (Å²) in [6.07, 6.45) is 0.755. The maximum Gasteiger partial charge on any atom is 0.253 e. The quantitative estimate of drug-likeness (QED) is 0.583. The van der Waals surface area contributed by atoms with Crippen molar-refractivity contribution in [3.05, 3.63) is 65.2 Å². The number of carbonyl (C=O) groups excluding carboxylic acids is 1. The Balaban J connectivity index is 2.18. The van der Waals surface area contributed by atoms with Gasteiger partial charge in [-0.25, -0.2) is 4.98 Å². The molecule has 1 aliphatic carbocycles. The number of halogens is 1. The van der Waals surface area contributed by atoms with Crippen LogP contribution < -0.4 is 0 Å². The largest absolute Gasteiger partial charge is 0.276 e. The lowest BCUT2D eigenvalue weighted by atomic mass is 9.70. The second kappa shape index (κ2) is 4.90. The predicted octanol–water partition coefficient (Wildman–Crippen LogP) is 5.11. The van der Waals surface area contributed by atoms with Crippen molar-refractivity contribution in [1.82, 2.24) is 4.98 Å². The summed E-state index contributed by atoms with van der Waals surface area (Å²) >= 11 is 5.97. The van der Waals surface area contributed by atoms with Crippen LogP contribution in [0.15, 0.2) is 48.5 Å². The number of nitrogens with zero attached hydrogens (tertiary/aromatic N) is 1. The van der Waals surface area contributed by atoms with E-state index in [9.17, 15) is 4.79 Å². The minimum absolute atomic E-state index is 0.0607. The fourth-order valence-electron chi connectivity index (χ4n) is 3.69. The van der Waals surface area contributed by atoms with E-state index in [1.165, 1.54) is 5.56 Å². The summed E-state index contributed by atoms with van der Waals surface area (Å²) in [6, 6.07) is 16.0. The summed E-state index contributed by atoms with van der Waals surface area (Å²) in [5.74, 6) is 0. The summed E-state index contributed by atoms with van der Waals surface area (Å²) in [6.45, 7) is 4.40. The first kappa shape index (κ1) is 14.4. The van der Waals surface area contributed by atoms with E-state index in [2.05, 4.69) is 32.0 Å². The molecule has 1 heterocycles. The van der Waals surface area contributed by atoms with Crippen molar-refractivity contribution in [3.8, 4) is 11.3 Å². The molecule has 0 saturated carbocycles. The van der Waals surface area contributed by atoms with Gasteiger partial charge in [-0.05, 0) is 40.6 Å². The molecule has 0 spiro atoms. The third-order valence-electron chi connectivity index (χ3n) is 4.72. The maximum atomic E-state index is 12.2. The fraction of sp³-hybridized carbons (Fsp3) is 0.200. The number of fused-ring (bicyclic) bond motifs is 4. The van der Waals surface area contributed by atoms with Crippen LogP contribution >= 0.6 is 11.6 Å². The lowest BCUT2D eigenvalue weighted by molar-refractivity contribution is 0.108. The van der Waals surface area contributed by atoms with Gasteiger partial charge in [0.2, 0.25) is 0 Å². The number of hydrogen-bond acceptors (Lipinski definition) is 2. The van der Waals surface area contributed by atoms with Crippen LogP contribution in [0, 0.1) is 0 Å². The molecule has 0 unspecified atom stereocenters. The van der Waals surface area contributed by atoms with Crippen molar-refractivity contribution in [2.45, 2.75) is 25.7 Å². The molecule has 4 rings (SSSR count). The molecule has 1 aliphatic rings. The summed E-state index contributed by atoms with van der Waals surface area (Å²) in [5, 5.41) is 0.427. The summed E-state index contributed by atoms with van der Waals surface area (Å²) in [5.41, 5.74) is 5.58. The molecule has 3 aromatic rings.